The largest absolute Gasteiger partial charge is 0.478 e. The van der Waals surface area contributed by atoms with Gasteiger partial charge in [-0.2, -0.15) is 5.26 Å². The molecule has 0 saturated carbocycles. The second kappa shape index (κ2) is 8.08. The molecule has 3 heterocycles. The lowest BCUT2D eigenvalue weighted by Crippen LogP contribution is -2.34. The number of carboxylic acids is 2. The van der Waals surface area contributed by atoms with Crippen LogP contribution in [-0.4, -0.2) is 52.8 Å². The van der Waals surface area contributed by atoms with Gasteiger partial charge in [-0.1, -0.05) is 0 Å². The van der Waals surface area contributed by atoms with Crippen LogP contribution >= 0.6 is 0 Å². The van der Waals surface area contributed by atoms with Gasteiger partial charge in [0, 0.05) is 44.0 Å². The van der Waals surface area contributed by atoms with Gasteiger partial charge >= 0.3 is 11.9 Å². The van der Waals surface area contributed by atoms with E-state index in [1.54, 1.807) is 6.20 Å². The summed E-state index contributed by atoms with van der Waals surface area (Å²) in [6.45, 7) is 3.28. The van der Waals surface area contributed by atoms with Crippen molar-refractivity contribution in [1.29, 1.82) is 5.26 Å². The first kappa shape index (κ1) is 17.4. The van der Waals surface area contributed by atoms with Crippen LogP contribution in [-0.2, 0) is 9.59 Å². The normalized spacial score (nSPS) is 21.7. The van der Waals surface area contributed by atoms with E-state index in [2.05, 4.69) is 21.3 Å². The van der Waals surface area contributed by atoms with Gasteiger partial charge in [-0.15, -0.1) is 0 Å². The molecule has 0 bridgehead atoms. The van der Waals surface area contributed by atoms with Crippen molar-refractivity contribution < 1.29 is 19.8 Å². The van der Waals surface area contributed by atoms with Gasteiger partial charge in [-0.25, -0.2) is 9.59 Å². The fourth-order valence-electron chi connectivity index (χ4n) is 2.96. The smallest absolute Gasteiger partial charge is 0.328 e. The Morgan fingerprint density at radius 2 is 2.00 bits per heavy atom. The zero-order valence-corrected chi connectivity index (χ0v) is 12.9. The molecule has 8 heteroatoms. The zero-order chi connectivity index (χ0) is 17.5. The van der Waals surface area contributed by atoms with Gasteiger partial charge in [0.1, 0.15) is 6.07 Å². The SMILES string of the molecule is N#Cc1cncc(N2CC[C@H]3CNC[C@H]32)c1.O=C(O)/C=C/C(=O)O. The maximum atomic E-state index is 9.55. The van der Waals surface area contributed by atoms with E-state index in [0.29, 0.717) is 23.8 Å². The van der Waals surface area contributed by atoms with Crippen LogP contribution in [0.15, 0.2) is 30.6 Å². The van der Waals surface area contributed by atoms with Gasteiger partial charge in [-0.3, -0.25) is 4.98 Å². The molecule has 2 atom stereocenters. The molecular formula is C16H18N4O4. The van der Waals surface area contributed by atoms with E-state index in [-0.39, 0.29) is 0 Å². The predicted octanol–water partition coefficient (Wildman–Crippen LogP) is 0.463. The molecule has 0 aromatic carbocycles. The Bertz CT molecular complexity index is 667. The summed E-state index contributed by atoms with van der Waals surface area (Å²) in [5.41, 5.74) is 1.74. The van der Waals surface area contributed by atoms with Crippen molar-refractivity contribution in [2.75, 3.05) is 24.5 Å². The second-order valence-corrected chi connectivity index (χ2v) is 5.52. The van der Waals surface area contributed by atoms with Gasteiger partial charge in [0.15, 0.2) is 0 Å². The number of carbonyl (C=O) groups is 2. The number of fused-ring (bicyclic) bond motifs is 1. The van der Waals surface area contributed by atoms with E-state index < -0.39 is 11.9 Å². The maximum absolute atomic E-state index is 9.55. The van der Waals surface area contributed by atoms with Gasteiger partial charge in [0.05, 0.1) is 17.4 Å². The van der Waals surface area contributed by atoms with Crippen molar-refractivity contribution in [2.24, 2.45) is 5.92 Å². The molecule has 1 aromatic heterocycles. The Labute approximate surface area is 139 Å². The Kier molecular flexibility index (Phi) is 5.87. The van der Waals surface area contributed by atoms with Crippen molar-refractivity contribution in [3.63, 3.8) is 0 Å². The van der Waals surface area contributed by atoms with Crippen molar-refractivity contribution in [3.05, 3.63) is 36.2 Å². The predicted molar refractivity (Wildman–Crippen MR) is 85.5 cm³/mol. The van der Waals surface area contributed by atoms with E-state index in [9.17, 15) is 9.59 Å². The highest BCUT2D eigenvalue weighted by molar-refractivity contribution is 5.89. The number of aromatic nitrogens is 1. The van der Waals surface area contributed by atoms with Crippen molar-refractivity contribution in [3.8, 4) is 6.07 Å². The lowest BCUT2D eigenvalue weighted by atomic mass is 10.1. The van der Waals surface area contributed by atoms with Gasteiger partial charge in [0.25, 0.3) is 0 Å². The van der Waals surface area contributed by atoms with Crippen LogP contribution in [0.2, 0.25) is 0 Å². The number of anilines is 1. The molecule has 0 aliphatic carbocycles. The summed E-state index contributed by atoms with van der Waals surface area (Å²) in [6, 6.07) is 4.68. The van der Waals surface area contributed by atoms with E-state index >= 15 is 0 Å². The Morgan fingerprint density at radius 3 is 2.62 bits per heavy atom. The number of hydrogen-bond donors (Lipinski definition) is 3. The standard InChI is InChI=1S/C12H14N4.C4H4O4/c13-4-9-3-11(7-14-5-9)16-2-1-10-6-15-8-12(10)16;5-3(6)1-2-4(7)8/h3,5,7,10,12,15H,1-2,6,8H2;1-2H,(H,5,6)(H,7,8)/b;2-1+/t10-,12+;/m0./s1. The molecule has 2 aliphatic rings. The number of nitriles is 1. The van der Waals surface area contributed by atoms with E-state index in [1.165, 1.54) is 6.42 Å². The molecule has 0 amide bonds. The molecule has 2 aliphatic heterocycles. The number of nitrogens with one attached hydrogen (secondary N) is 1. The summed E-state index contributed by atoms with van der Waals surface area (Å²) in [4.78, 5) is 25.6. The molecule has 2 fully saturated rings. The summed E-state index contributed by atoms with van der Waals surface area (Å²) in [6.07, 6.45) is 5.84. The number of carboxylic acid groups (broad SMARTS) is 2. The Balaban J connectivity index is 0.000000224. The fraction of sp³-hybridized carbons (Fsp3) is 0.375. The van der Waals surface area contributed by atoms with E-state index in [1.807, 2.05) is 12.3 Å². The molecule has 2 saturated heterocycles. The molecule has 0 spiro atoms. The monoisotopic (exact) mass is 330 g/mol. The van der Waals surface area contributed by atoms with Gasteiger partial charge in [-0.05, 0) is 18.4 Å². The minimum absolute atomic E-state index is 0.558. The minimum Gasteiger partial charge on any atom is -0.478 e. The fourth-order valence-corrected chi connectivity index (χ4v) is 2.96. The highest BCUT2D eigenvalue weighted by Crippen LogP contribution is 2.31. The second-order valence-electron chi connectivity index (χ2n) is 5.52. The van der Waals surface area contributed by atoms with Crippen molar-refractivity contribution in [2.45, 2.75) is 12.5 Å². The van der Waals surface area contributed by atoms with Gasteiger partial charge < -0.3 is 20.4 Å². The molecule has 24 heavy (non-hydrogen) atoms. The number of hydrogen-bond acceptors (Lipinski definition) is 6. The summed E-state index contributed by atoms with van der Waals surface area (Å²) in [5, 5.41) is 27.9. The first-order chi connectivity index (χ1) is 11.5. The molecular weight excluding hydrogens is 312 g/mol. The minimum atomic E-state index is -1.26. The summed E-state index contributed by atoms with van der Waals surface area (Å²) in [7, 11) is 0. The molecule has 0 unspecified atom stereocenters. The molecule has 8 nitrogen and oxygen atoms in total. The third kappa shape index (κ3) is 4.54. The van der Waals surface area contributed by atoms with Crippen molar-refractivity contribution in [1.82, 2.24) is 10.3 Å². The first-order valence-corrected chi connectivity index (χ1v) is 7.47. The average molecular weight is 330 g/mol. The topological polar surface area (TPSA) is 127 Å². The van der Waals surface area contributed by atoms with Crippen molar-refractivity contribution >= 4 is 17.6 Å². The van der Waals surface area contributed by atoms with Crippen LogP contribution < -0.4 is 10.2 Å². The van der Waals surface area contributed by atoms with E-state index in [4.69, 9.17) is 15.5 Å². The molecule has 3 N–H and O–H groups in total. The number of pyridine rings is 1. The summed E-state index contributed by atoms with van der Waals surface area (Å²) < 4.78 is 0. The maximum Gasteiger partial charge on any atom is 0.328 e. The van der Waals surface area contributed by atoms with E-state index in [0.717, 1.165) is 31.2 Å². The highest BCUT2D eigenvalue weighted by Gasteiger charge is 2.37. The average Bonchev–Trinajstić information content (AvgIpc) is 3.17. The summed E-state index contributed by atoms with van der Waals surface area (Å²) >= 11 is 0. The van der Waals surface area contributed by atoms with Crippen LogP contribution in [0.5, 0.6) is 0 Å². The Morgan fingerprint density at radius 1 is 1.29 bits per heavy atom. The molecule has 126 valence electrons. The van der Waals surface area contributed by atoms with Crippen LogP contribution in [0.4, 0.5) is 5.69 Å². The lowest BCUT2D eigenvalue weighted by molar-refractivity contribution is -0.134. The quantitative estimate of drug-likeness (QED) is 0.682. The first-order valence-electron chi connectivity index (χ1n) is 7.47. The number of aliphatic carboxylic acids is 2. The third-order valence-corrected chi connectivity index (χ3v) is 4.00. The summed E-state index contributed by atoms with van der Waals surface area (Å²) in [5.74, 6) is -1.74. The number of nitrogens with zero attached hydrogens (tertiary/aromatic N) is 3. The van der Waals surface area contributed by atoms with Gasteiger partial charge in [0.2, 0.25) is 0 Å². The van der Waals surface area contributed by atoms with Crippen LogP contribution in [0.3, 0.4) is 0 Å². The van der Waals surface area contributed by atoms with Crippen LogP contribution in [0, 0.1) is 17.2 Å². The molecule has 3 rings (SSSR count). The molecule has 1 aromatic rings. The third-order valence-electron chi connectivity index (χ3n) is 4.00. The lowest BCUT2D eigenvalue weighted by Gasteiger charge is -2.25. The molecule has 0 radical (unpaired) electrons. The zero-order valence-electron chi connectivity index (χ0n) is 12.9. The Hall–Kier alpha value is -2.92. The number of rotatable bonds is 3. The highest BCUT2D eigenvalue weighted by atomic mass is 16.4. The van der Waals surface area contributed by atoms with Crippen LogP contribution in [0.1, 0.15) is 12.0 Å². The van der Waals surface area contributed by atoms with Crippen LogP contribution in [0.25, 0.3) is 0 Å².